The van der Waals surface area contributed by atoms with Crippen molar-refractivity contribution in [2.45, 2.75) is 0 Å². The molecule has 1 heterocycles. The molecule has 0 unspecified atom stereocenters. The van der Waals surface area contributed by atoms with E-state index in [1.807, 2.05) is 0 Å². The van der Waals surface area contributed by atoms with Gasteiger partial charge in [-0.1, -0.05) is 18.2 Å². The maximum absolute atomic E-state index is 13.8. The van der Waals surface area contributed by atoms with Gasteiger partial charge >= 0.3 is 0 Å². The van der Waals surface area contributed by atoms with Gasteiger partial charge < -0.3 is 16.4 Å². The number of hydrogen-bond donors (Lipinski definition) is 2. The molecule has 0 saturated heterocycles. The van der Waals surface area contributed by atoms with E-state index in [0.29, 0.717) is 10.4 Å². The minimum absolute atomic E-state index is 0.329. The van der Waals surface area contributed by atoms with E-state index in [4.69, 9.17) is 11.5 Å². The minimum atomic E-state index is -0.749. The standard InChI is InChI=1S/C17H16FN3O3S/c18-13-4-2-1-3-12(13)14-7-5-11(25-14)6-8-17(24)21(9-15(19)22)10-16(20)23/h1-8H,9-10H2,(H2,19,22)(H2,20,23)/b8-6+. The summed E-state index contributed by atoms with van der Waals surface area (Å²) in [5.41, 5.74) is 10.6. The number of halogens is 1. The largest absolute Gasteiger partial charge is 0.368 e. The minimum Gasteiger partial charge on any atom is -0.368 e. The summed E-state index contributed by atoms with van der Waals surface area (Å²) in [6.45, 7) is -0.811. The first-order valence-corrected chi connectivity index (χ1v) is 8.07. The number of amides is 3. The molecule has 0 aliphatic heterocycles. The Balaban J connectivity index is 2.13. The fourth-order valence-electron chi connectivity index (χ4n) is 2.09. The summed E-state index contributed by atoms with van der Waals surface area (Å²) in [6.07, 6.45) is 2.73. The average molecular weight is 361 g/mol. The molecular formula is C17H16FN3O3S. The van der Waals surface area contributed by atoms with Crippen molar-refractivity contribution >= 4 is 35.1 Å². The van der Waals surface area contributed by atoms with Crippen molar-refractivity contribution in [2.24, 2.45) is 11.5 Å². The zero-order chi connectivity index (χ0) is 18.4. The van der Waals surface area contributed by atoms with Crippen LogP contribution in [0.15, 0.2) is 42.5 Å². The van der Waals surface area contributed by atoms with Crippen LogP contribution >= 0.6 is 11.3 Å². The van der Waals surface area contributed by atoms with Gasteiger partial charge in [0.1, 0.15) is 18.9 Å². The fraction of sp³-hybridized carbons (Fsp3) is 0.118. The fourth-order valence-corrected chi connectivity index (χ4v) is 3.03. The van der Waals surface area contributed by atoms with Gasteiger partial charge in [-0.2, -0.15) is 0 Å². The van der Waals surface area contributed by atoms with Gasteiger partial charge in [-0.3, -0.25) is 14.4 Å². The Hall–Kier alpha value is -3.00. The van der Waals surface area contributed by atoms with Crippen molar-refractivity contribution in [3.8, 4) is 10.4 Å². The number of primary amides is 2. The Morgan fingerprint density at radius 1 is 1.04 bits per heavy atom. The Morgan fingerprint density at radius 3 is 2.28 bits per heavy atom. The van der Waals surface area contributed by atoms with E-state index >= 15 is 0 Å². The lowest BCUT2D eigenvalue weighted by Gasteiger charge is -2.17. The lowest BCUT2D eigenvalue weighted by molar-refractivity contribution is -0.134. The highest BCUT2D eigenvalue weighted by Gasteiger charge is 2.15. The zero-order valence-corrected chi connectivity index (χ0v) is 14.0. The third kappa shape index (κ3) is 5.25. The van der Waals surface area contributed by atoms with Crippen molar-refractivity contribution < 1.29 is 18.8 Å². The van der Waals surface area contributed by atoms with E-state index < -0.39 is 30.8 Å². The first kappa shape index (κ1) is 18.3. The molecule has 2 rings (SSSR count). The number of nitrogens with zero attached hydrogens (tertiary/aromatic N) is 1. The van der Waals surface area contributed by atoms with Crippen LogP contribution in [0.25, 0.3) is 16.5 Å². The number of carbonyl (C=O) groups is 3. The van der Waals surface area contributed by atoms with Crippen molar-refractivity contribution in [2.75, 3.05) is 13.1 Å². The Labute approximate surface area is 147 Å². The number of nitrogens with two attached hydrogens (primary N) is 2. The predicted octanol–water partition coefficient (Wildman–Crippen LogP) is 1.37. The molecule has 0 aliphatic rings. The highest BCUT2D eigenvalue weighted by atomic mass is 32.1. The van der Waals surface area contributed by atoms with Crippen LogP contribution in [-0.2, 0) is 14.4 Å². The zero-order valence-electron chi connectivity index (χ0n) is 13.1. The van der Waals surface area contributed by atoms with Gasteiger partial charge in [0, 0.05) is 21.4 Å². The highest BCUT2D eigenvalue weighted by molar-refractivity contribution is 7.16. The van der Waals surface area contributed by atoms with Gasteiger partial charge in [0.15, 0.2) is 0 Å². The monoisotopic (exact) mass is 361 g/mol. The molecule has 130 valence electrons. The van der Waals surface area contributed by atoms with E-state index in [1.54, 1.807) is 30.3 Å². The number of carbonyl (C=O) groups excluding carboxylic acids is 3. The summed E-state index contributed by atoms with van der Waals surface area (Å²) >= 11 is 1.30. The number of rotatable bonds is 7. The van der Waals surface area contributed by atoms with Crippen LogP contribution in [0.4, 0.5) is 4.39 Å². The summed E-state index contributed by atoms with van der Waals surface area (Å²) in [6, 6.07) is 9.88. The summed E-state index contributed by atoms with van der Waals surface area (Å²) in [5, 5.41) is 0. The number of thiophene rings is 1. The molecule has 0 radical (unpaired) electrons. The molecule has 0 atom stereocenters. The molecule has 8 heteroatoms. The Bertz CT molecular complexity index is 816. The molecule has 6 nitrogen and oxygen atoms in total. The quantitative estimate of drug-likeness (QED) is 0.727. The second kappa shape index (κ2) is 8.20. The summed E-state index contributed by atoms with van der Waals surface area (Å²) < 4.78 is 13.8. The van der Waals surface area contributed by atoms with Gasteiger partial charge in [-0.05, 0) is 24.3 Å². The van der Waals surface area contributed by atoms with Crippen molar-refractivity contribution in [3.63, 3.8) is 0 Å². The van der Waals surface area contributed by atoms with E-state index in [-0.39, 0.29) is 5.82 Å². The topological polar surface area (TPSA) is 106 Å². The molecule has 0 saturated carbocycles. The molecular weight excluding hydrogens is 345 g/mol. The van der Waals surface area contributed by atoms with Crippen molar-refractivity contribution in [1.82, 2.24) is 4.90 Å². The van der Waals surface area contributed by atoms with E-state index in [0.717, 1.165) is 9.78 Å². The average Bonchev–Trinajstić information content (AvgIpc) is 3.00. The SMILES string of the molecule is NC(=O)CN(CC(N)=O)C(=O)/C=C/c1ccc(-c2ccccc2F)s1. The summed E-state index contributed by atoms with van der Waals surface area (Å²) in [5.74, 6) is -2.40. The van der Waals surface area contributed by atoms with Crippen LogP contribution in [0.5, 0.6) is 0 Å². The van der Waals surface area contributed by atoms with Crippen LogP contribution in [0.1, 0.15) is 4.88 Å². The van der Waals surface area contributed by atoms with Crippen molar-refractivity contribution in [3.05, 3.63) is 53.2 Å². The molecule has 0 aliphatic carbocycles. The van der Waals surface area contributed by atoms with Crippen molar-refractivity contribution in [1.29, 1.82) is 0 Å². The first-order chi connectivity index (χ1) is 11.9. The molecule has 0 fully saturated rings. The third-order valence-corrected chi connectivity index (χ3v) is 4.25. The van der Waals surface area contributed by atoms with E-state index in [9.17, 15) is 18.8 Å². The molecule has 3 amide bonds. The van der Waals surface area contributed by atoms with Crippen LogP contribution in [0.3, 0.4) is 0 Å². The van der Waals surface area contributed by atoms with Gasteiger partial charge in [0.2, 0.25) is 17.7 Å². The van der Waals surface area contributed by atoms with Crippen LogP contribution in [0, 0.1) is 5.82 Å². The summed E-state index contributed by atoms with van der Waals surface area (Å²) in [4.78, 5) is 36.4. The third-order valence-electron chi connectivity index (χ3n) is 3.16. The maximum atomic E-state index is 13.8. The van der Waals surface area contributed by atoms with E-state index in [1.165, 1.54) is 29.6 Å². The van der Waals surface area contributed by atoms with Gasteiger partial charge in [-0.25, -0.2) is 4.39 Å². The molecule has 1 aromatic heterocycles. The van der Waals surface area contributed by atoms with E-state index in [2.05, 4.69) is 0 Å². The van der Waals surface area contributed by atoms with Gasteiger partial charge in [0.25, 0.3) is 0 Å². The lowest BCUT2D eigenvalue weighted by Crippen LogP contribution is -2.42. The second-order valence-electron chi connectivity index (χ2n) is 5.14. The van der Waals surface area contributed by atoms with Crippen LogP contribution in [-0.4, -0.2) is 35.7 Å². The molecule has 4 N–H and O–H groups in total. The highest BCUT2D eigenvalue weighted by Crippen LogP contribution is 2.30. The number of hydrogen-bond acceptors (Lipinski definition) is 4. The second-order valence-corrected chi connectivity index (χ2v) is 6.26. The van der Waals surface area contributed by atoms with Gasteiger partial charge in [-0.15, -0.1) is 11.3 Å². The Morgan fingerprint density at radius 2 is 1.68 bits per heavy atom. The van der Waals surface area contributed by atoms with Crippen LogP contribution < -0.4 is 11.5 Å². The smallest absolute Gasteiger partial charge is 0.247 e. The molecule has 1 aromatic carbocycles. The Kier molecular flexibility index (Phi) is 6.02. The maximum Gasteiger partial charge on any atom is 0.247 e. The number of benzene rings is 1. The molecule has 0 spiro atoms. The van der Waals surface area contributed by atoms with Gasteiger partial charge in [0.05, 0.1) is 0 Å². The molecule has 0 bridgehead atoms. The lowest BCUT2D eigenvalue weighted by atomic mass is 10.2. The van der Waals surface area contributed by atoms with Crippen LogP contribution in [0.2, 0.25) is 0 Å². The summed E-state index contributed by atoms with van der Waals surface area (Å²) in [7, 11) is 0. The normalized spacial score (nSPS) is 10.8. The first-order valence-electron chi connectivity index (χ1n) is 7.25. The molecule has 2 aromatic rings. The predicted molar refractivity (Wildman–Crippen MR) is 93.7 cm³/mol. The molecule has 25 heavy (non-hydrogen) atoms.